The summed E-state index contributed by atoms with van der Waals surface area (Å²) in [5.41, 5.74) is 6.16. The molecular formula is C26H26O3. The Balaban J connectivity index is 1.97. The van der Waals surface area contributed by atoms with E-state index in [1.54, 1.807) is 12.1 Å². The Morgan fingerprint density at radius 2 is 1.38 bits per heavy atom. The van der Waals surface area contributed by atoms with Crippen LogP contribution in [0.1, 0.15) is 49.7 Å². The van der Waals surface area contributed by atoms with E-state index in [0.29, 0.717) is 11.1 Å². The highest BCUT2D eigenvalue weighted by molar-refractivity contribution is 6.14. The Labute approximate surface area is 172 Å². The van der Waals surface area contributed by atoms with Gasteiger partial charge >= 0.3 is 5.97 Å². The summed E-state index contributed by atoms with van der Waals surface area (Å²) >= 11 is 0. The third-order valence-electron chi connectivity index (χ3n) is 5.46. The molecule has 0 amide bonds. The number of aryl methyl sites for hydroxylation is 2. The number of carbonyl (C=O) groups excluding carboxylic acids is 2. The van der Waals surface area contributed by atoms with Crippen molar-refractivity contribution in [3.63, 3.8) is 0 Å². The molecule has 0 aliphatic carbocycles. The minimum absolute atomic E-state index is 0.140. The largest absolute Gasteiger partial charge is 0.460 e. The van der Waals surface area contributed by atoms with Crippen LogP contribution >= 0.6 is 0 Å². The van der Waals surface area contributed by atoms with Crippen molar-refractivity contribution in [1.82, 2.24) is 0 Å². The summed E-state index contributed by atoms with van der Waals surface area (Å²) in [4.78, 5) is 26.7. The molecule has 3 aromatic carbocycles. The number of benzene rings is 3. The van der Waals surface area contributed by atoms with Gasteiger partial charge in [0.2, 0.25) is 0 Å². The molecule has 1 unspecified atom stereocenters. The van der Waals surface area contributed by atoms with Crippen molar-refractivity contribution in [3.05, 3.63) is 106 Å². The number of ether oxygens (including phenoxy) is 1. The summed E-state index contributed by atoms with van der Waals surface area (Å²) < 4.78 is 5.56. The van der Waals surface area contributed by atoms with Crippen molar-refractivity contribution in [1.29, 1.82) is 0 Å². The Morgan fingerprint density at radius 3 is 2.00 bits per heavy atom. The highest BCUT2D eigenvalue weighted by Crippen LogP contribution is 2.29. The number of Topliss-reactive ketones (excluding diaryl/α,β-unsaturated/α-hetero) is 1. The minimum Gasteiger partial charge on any atom is -0.460 e. The fourth-order valence-corrected chi connectivity index (χ4v) is 3.66. The summed E-state index contributed by atoms with van der Waals surface area (Å²) in [6.07, 6.45) is 0. The van der Waals surface area contributed by atoms with Gasteiger partial charge in [-0.3, -0.25) is 9.59 Å². The first-order valence-electron chi connectivity index (χ1n) is 9.77. The average Bonchev–Trinajstić information content (AvgIpc) is 2.72. The van der Waals surface area contributed by atoms with Crippen LogP contribution in [0.15, 0.2) is 66.7 Å². The Kier molecular flexibility index (Phi) is 6.28. The molecule has 0 heterocycles. The molecule has 0 spiro atoms. The molecule has 0 aliphatic rings. The van der Waals surface area contributed by atoms with Gasteiger partial charge in [0.25, 0.3) is 0 Å². The van der Waals surface area contributed by atoms with Crippen LogP contribution in [-0.4, -0.2) is 11.8 Å². The highest BCUT2D eigenvalue weighted by atomic mass is 16.5. The lowest BCUT2D eigenvalue weighted by molar-refractivity contribution is -0.145. The Bertz CT molecular complexity index is 1020. The fraction of sp³-hybridized carbons (Fsp3) is 0.231. The van der Waals surface area contributed by atoms with Gasteiger partial charge in [-0.15, -0.1) is 0 Å². The number of carbonyl (C=O) groups is 2. The molecule has 0 fully saturated rings. The molecule has 3 aromatic rings. The zero-order valence-corrected chi connectivity index (χ0v) is 17.4. The van der Waals surface area contributed by atoms with Gasteiger partial charge in [0.05, 0.1) is 0 Å². The predicted octanol–water partition coefficient (Wildman–Crippen LogP) is 5.63. The van der Waals surface area contributed by atoms with Crippen LogP contribution in [-0.2, 0) is 16.1 Å². The minimum atomic E-state index is -0.987. The number of ketones is 1. The molecule has 0 aliphatic heterocycles. The van der Waals surface area contributed by atoms with E-state index in [1.807, 2.05) is 82.3 Å². The van der Waals surface area contributed by atoms with Gasteiger partial charge in [-0.1, -0.05) is 66.7 Å². The standard InChI is InChI=1S/C26H26O3/c1-17-15-18(2)23(20(4)19(17)3)25(27)24(22-13-9-6-10-14-22)26(28)29-16-21-11-7-5-8-12-21/h5-15,24H,16H2,1-4H3. The van der Waals surface area contributed by atoms with Crippen LogP contribution in [0.25, 0.3) is 0 Å². The zero-order chi connectivity index (χ0) is 21.0. The second kappa shape index (κ2) is 8.87. The monoisotopic (exact) mass is 386 g/mol. The van der Waals surface area contributed by atoms with Crippen LogP contribution in [0.2, 0.25) is 0 Å². The molecule has 3 heteroatoms. The van der Waals surface area contributed by atoms with Crippen LogP contribution in [0.3, 0.4) is 0 Å². The average molecular weight is 386 g/mol. The molecule has 3 rings (SSSR count). The summed E-state index contributed by atoms with van der Waals surface area (Å²) in [7, 11) is 0. The smallest absolute Gasteiger partial charge is 0.321 e. The third-order valence-corrected chi connectivity index (χ3v) is 5.46. The van der Waals surface area contributed by atoms with Crippen molar-refractivity contribution in [2.45, 2.75) is 40.2 Å². The molecule has 148 valence electrons. The molecule has 0 saturated carbocycles. The van der Waals surface area contributed by atoms with E-state index < -0.39 is 11.9 Å². The molecule has 0 N–H and O–H groups in total. The molecule has 1 atom stereocenters. The normalized spacial score (nSPS) is 11.7. The van der Waals surface area contributed by atoms with Gasteiger partial charge in [-0.2, -0.15) is 0 Å². The first-order chi connectivity index (χ1) is 13.9. The Hall–Kier alpha value is -3.20. The van der Waals surface area contributed by atoms with E-state index >= 15 is 0 Å². The number of rotatable bonds is 6. The van der Waals surface area contributed by atoms with E-state index in [2.05, 4.69) is 0 Å². The maximum Gasteiger partial charge on any atom is 0.321 e. The van der Waals surface area contributed by atoms with Crippen molar-refractivity contribution in [3.8, 4) is 0 Å². The SMILES string of the molecule is Cc1cc(C)c(C(=O)C(C(=O)OCc2ccccc2)c2ccccc2)c(C)c1C. The molecule has 3 nitrogen and oxygen atoms in total. The van der Waals surface area contributed by atoms with E-state index in [1.165, 1.54) is 0 Å². The molecule has 0 saturated heterocycles. The molecule has 0 radical (unpaired) electrons. The Morgan fingerprint density at radius 1 is 0.793 bits per heavy atom. The predicted molar refractivity (Wildman–Crippen MR) is 115 cm³/mol. The molecular weight excluding hydrogens is 360 g/mol. The molecule has 0 aromatic heterocycles. The van der Waals surface area contributed by atoms with Crippen molar-refractivity contribution in [2.75, 3.05) is 0 Å². The van der Waals surface area contributed by atoms with Gasteiger partial charge in [0.1, 0.15) is 12.5 Å². The summed E-state index contributed by atoms with van der Waals surface area (Å²) in [6.45, 7) is 8.05. The zero-order valence-electron chi connectivity index (χ0n) is 17.4. The lowest BCUT2D eigenvalue weighted by Crippen LogP contribution is -2.26. The number of hydrogen-bond donors (Lipinski definition) is 0. The fourth-order valence-electron chi connectivity index (χ4n) is 3.66. The summed E-state index contributed by atoms with van der Waals surface area (Å²) in [6, 6.07) is 20.6. The van der Waals surface area contributed by atoms with E-state index in [9.17, 15) is 9.59 Å². The maximum absolute atomic E-state index is 13.6. The third kappa shape index (κ3) is 4.45. The van der Waals surface area contributed by atoms with E-state index in [-0.39, 0.29) is 12.4 Å². The van der Waals surface area contributed by atoms with Crippen molar-refractivity contribution < 1.29 is 14.3 Å². The summed E-state index contributed by atoms with van der Waals surface area (Å²) in [5.74, 6) is -1.73. The van der Waals surface area contributed by atoms with Gasteiger partial charge in [-0.05, 0) is 61.1 Å². The highest BCUT2D eigenvalue weighted by Gasteiger charge is 2.33. The topological polar surface area (TPSA) is 43.4 Å². The van der Waals surface area contributed by atoms with Gasteiger partial charge < -0.3 is 4.74 Å². The summed E-state index contributed by atoms with van der Waals surface area (Å²) in [5, 5.41) is 0. The lowest BCUT2D eigenvalue weighted by Gasteiger charge is -2.20. The van der Waals surface area contributed by atoms with E-state index in [0.717, 1.165) is 27.8 Å². The first kappa shape index (κ1) is 20.5. The molecule has 29 heavy (non-hydrogen) atoms. The number of esters is 1. The van der Waals surface area contributed by atoms with Crippen LogP contribution < -0.4 is 0 Å². The van der Waals surface area contributed by atoms with E-state index in [4.69, 9.17) is 4.74 Å². The maximum atomic E-state index is 13.6. The van der Waals surface area contributed by atoms with Crippen molar-refractivity contribution >= 4 is 11.8 Å². The van der Waals surface area contributed by atoms with Crippen molar-refractivity contribution in [2.24, 2.45) is 0 Å². The van der Waals surface area contributed by atoms with Crippen LogP contribution in [0, 0.1) is 27.7 Å². The lowest BCUT2D eigenvalue weighted by atomic mass is 9.84. The van der Waals surface area contributed by atoms with Crippen LogP contribution in [0.4, 0.5) is 0 Å². The second-order valence-electron chi connectivity index (χ2n) is 7.44. The second-order valence-corrected chi connectivity index (χ2v) is 7.44. The van der Waals surface area contributed by atoms with Crippen LogP contribution in [0.5, 0.6) is 0 Å². The quantitative estimate of drug-likeness (QED) is 0.313. The number of hydrogen-bond acceptors (Lipinski definition) is 3. The molecule has 0 bridgehead atoms. The van der Waals surface area contributed by atoms with Gasteiger partial charge in [0.15, 0.2) is 5.78 Å². The van der Waals surface area contributed by atoms with Gasteiger partial charge in [-0.25, -0.2) is 0 Å². The first-order valence-corrected chi connectivity index (χ1v) is 9.77. The van der Waals surface area contributed by atoms with Gasteiger partial charge in [0, 0.05) is 5.56 Å².